The lowest BCUT2D eigenvalue weighted by atomic mass is 10.1. The minimum absolute atomic E-state index is 0.0112. The van der Waals surface area contributed by atoms with Gasteiger partial charge in [-0.1, -0.05) is 87.5 Å². The second-order valence-electron chi connectivity index (χ2n) is 12.0. The van der Waals surface area contributed by atoms with E-state index in [-0.39, 0.29) is 29.5 Å². The molecule has 0 amide bonds. The third-order valence-corrected chi connectivity index (χ3v) is 13.4. The van der Waals surface area contributed by atoms with E-state index in [1.54, 1.807) is 18.2 Å². The predicted molar refractivity (Wildman–Crippen MR) is 170 cm³/mol. The van der Waals surface area contributed by atoms with Crippen molar-refractivity contribution in [2.45, 2.75) is 63.8 Å². The van der Waals surface area contributed by atoms with Gasteiger partial charge in [0.15, 0.2) is 5.78 Å². The highest BCUT2D eigenvalue weighted by atomic mass is 32.2. The molecule has 3 aromatic carbocycles. The smallest absolute Gasteiger partial charge is 0.269 e. The van der Waals surface area contributed by atoms with Crippen LogP contribution in [0.1, 0.15) is 53.5 Å². The Morgan fingerprint density at radius 1 is 0.927 bits per heavy atom. The fraction of sp³-hybridized carbons (Fsp3) is 0.344. The van der Waals surface area contributed by atoms with E-state index in [1.165, 1.54) is 18.2 Å². The van der Waals surface area contributed by atoms with Crippen molar-refractivity contribution in [1.82, 2.24) is 4.72 Å². The Bertz CT molecular complexity index is 1330. The van der Waals surface area contributed by atoms with E-state index in [4.69, 9.17) is 4.43 Å². The number of carbonyl (C=O) groups excluding carboxylic acids is 1. The summed E-state index contributed by atoms with van der Waals surface area (Å²) in [6.45, 7) is 12.4. The Labute approximate surface area is 246 Å². The van der Waals surface area contributed by atoms with Crippen molar-refractivity contribution in [3.63, 3.8) is 0 Å². The lowest BCUT2D eigenvalue weighted by molar-refractivity contribution is -0.384. The summed E-state index contributed by atoms with van der Waals surface area (Å²) in [5.74, 6) is -0.169. The standard InChI is InChI=1S/C32H40N2O5SSi/c1-31(2,3)40(38)33-26(23-28(35)22-19-25-17-20-27(21-18-25)34(36)37)24-39-41(32(4,5)6,29-13-9-7-10-14-29)30-15-11-8-12-16-30/h7-22,26,33H,23-24H2,1-6H3/b22-19+/t26-,40?/m1/s1. The Kier molecular flexibility index (Phi) is 10.7. The minimum atomic E-state index is -2.87. The molecule has 2 atom stereocenters. The summed E-state index contributed by atoms with van der Waals surface area (Å²) in [6.07, 6.45) is 3.16. The van der Waals surface area contributed by atoms with Crippen LogP contribution in [-0.4, -0.2) is 40.6 Å². The second-order valence-corrected chi connectivity index (χ2v) is 18.3. The number of nitro groups is 1. The van der Waals surface area contributed by atoms with Crippen LogP contribution in [0.5, 0.6) is 0 Å². The number of nitrogens with one attached hydrogen (secondary N) is 1. The van der Waals surface area contributed by atoms with Gasteiger partial charge >= 0.3 is 0 Å². The second kappa shape index (κ2) is 13.6. The Hall–Kier alpha value is -3.24. The summed E-state index contributed by atoms with van der Waals surface area (Å²) in [5.41, 5.74) is 0.665. The van der Waals surface area contributed by atoms with Gasteiger partial charge in [-0.2, -0.15) is 0 Å². The molecule has 7 nitrogen and oxygen atoms in total. The van der Waals surface area contributed by atoms with E-state index in [1.807, 2.05) is 57.2 Å². The molecule has 0 aromatic heterocycles. The van der Waals surface area contributed by atoms with Gasteiger partial charge in [0, 0.05) is 24.6 Å². The quantitative estimate of drug-likeness (QED) is 0.128. The zero-order chi connectivity index (χ0) is 30.3. The number of nitrogens with zero attached hydrogens (tertiary/aromatic N) is 1. The van der Waals surface area contributed by atoms with Crippen molar-refractivity contribution in [2.24, 2.45) is 0 Å². The molecular formula is C32H40N2O5SSi. The van der Waals surface area contributed by atoms with E-state index in [9.17, 15) is 19.1 Å². The van der Waals surface area contributed by atoms with Gasteiger partial charge < -0.3 is 4.43 Å². The van der Waals surface area contributed by atoms with Gasteiger partial charge in [0.2, 0.25) is 0 Å². The first-order valence-electron chi connectivity index (χ1n) is 13.6. The van der Waals surface area contributed by atoms with Crippen molar-refractivity contribution in [2.75, 3.05) is 6.61 Å². The number of carbonyl (C=O) groups is 1. The molecule has 0 aliphatic heterocycles. The lowest BCUT2D eigenvalue weighted by Gasteiger charge is -2.43. The van der Waals surface area contributed by atoms with Crippen molar-refractivity contribution in [1.29, 1.82) is 0 Å². The van der Waals surface area contributed by atoms with Crippen LogP contribution in [0.25, 0.3) is 6.08 Å². The van der Waals surface area contributed by atoms with Gasteiger partial charge in [-0.25, -0.2) is 8.93 Å². The topological polar surface area (TPSA) is 98.5 Å². The number of hydrogen-bond donors (Lipinski definition) is 1. The minimum Gasteiger partial charge on any atom is -0.406 e. The Balaban J connectivity index is 1.92. The number of rotatable bonds is 12. The molecule has 0 aliphatic rings. The van der Waals surface area contributed by atoms with E-state index in [2.05, 4.69) is 49.8 Å². The van der Waals surface area contributed by atoms with Gasteiger partial charge in [0.25, 0.3) is 14.0 Å². The largest absolute Gasteiger partial charge is 0.406 e. The van der Waals surface area contributed by atoms with Gasteiger partial charge in [-0.3, -0.25) is 14.9 Å². The maximum absolute atomic E-state index is 13.2. The van der Waals surface area contributed by atoms with Crippen LogP contribution < -0.4 is 15.1 Å². The fourth-order valence-corrected chi connectivity index (χ4v) is 10.1. The van der Waals surface area contributed by atoms with Crippen molar-refractivity contribution < 1.29 is 18.4 Å². The molecule has 0 saturated carbocycles. The molecule has 0 bridgehead atoms. The number of allylic oxidation sites excluding steroid dienone is 1. The van der Waals surface area contributed by atoms with E-state index < -0.39 is 35.0 Å². The molecule has 0 heterocycles. The zero-order valence-electron chi connectivity index (χ0n) is 24.6. The number of ketones is 1. The molecule has 0 fully saturated rings. The molecule has 0 radical (unpaired) electrons. The molecule has 0 aliphatic carbocycles. The molecule has 1 unspecified atom stereocenters. The molecule has 9 heteroatoms. The molecule has 1 N–H and O–H groups in total. The highest BCUT2D eigenvalue weighted by Crippen LogP contribution is 2.37. The highest BCUT2D eigenvalue weighted by Gasteiger charge is 2.50. The maximum atomic E-state index is 13.2. The van der Waals surface area contributed by atoms with E-state index in [0.717, 1.165) is 10.4 Å². The van der Waals surface area contributed by atoms with Crippen LogP contribution in [0, 0.1) is 10.1 Å². The van der Waals surface area contributed by atoms with Crippen LogP contribution in [-0.2, 0) is 20.2 Å². The fourth-order valence-electron chi connectivity index (χ4n) is 4.66. The van der Waals surface area contributed by atoms with Crippen LogP contribution in [0.3, 0.4) is 0 Å². The third kappa shape index (κ3) is 8.39. The zero-order valence-corrected chi connectivity index (χ0v) is 26.4. The molecule has 41 heavy (non-hydrogen) atoms. The number of hydrogen-bond acceptors (Lipinski definition) is 5. The molecule has 218 valence electrons. The number of non-ortho nitro benzene ring substituents is 1. The highest BCUT2D eigenvalue weighted by molar-refractivity contribution is 7.84. The van der Waals surface area contributed by atoms with Crippen LogP contribution in [0.4, 0.5) is 5.69 Å². The molecule has 3 aromatic rings. The number of nitro benzene ring substituents is 1. The first-order valence-corrected chi connectivity index (χ1v) is 16.7. The normalized spacial score (nSPS) is 14.1. The lowest BCUT2D eigenvalue weighted by Crippen LogP contribution is -2.67. The Morgan fingerprint density at radius 3 is 1.88 bits per heavy atom. The van der Waals surface area contributed by atoms with Crippen molar-refractivity contribution in [3.05, 3.63) is 107 Å². The summed E-state index contributed by atoms with van der Waals surface area (Å²) >= 11 is 0. The van der Waals surface area contributed by atoms with Crippen LogP contribution >= 0.6 is 0 Å². The summed E-state index contributed by atoms with van der Waals surface area (Å²) in [5, 5.41) is 12.9. The summed E-state index contributed by atoms with van der Waals surface area (Å²) in [7, 11) is -4.29. The maximum Gasteiger partial charge on any atom is 0.269 e. The van der Waals surface area contributed by atoms with Gasteiger partial charge in [0.1, 0.15) is 0 Å². The average Bonchev–Trinajstić information content (AvgIpc) is 2.92. The molecular weight excluding hydrogens is 553 g/mol. The number of benzene rings is 3. The monoisotopic (exact) mass is 592 g/mol. The SMILES string of the molecule is CC(C)(C)S(=O)N[C@@H](CO[Si](c1ccccc1)(c1ccccc1)C(C)(C)C)CC(=O)/C=C/c1ccc([N+](=O)[O-])cc1. The van der Waals surface area contributed by atoms with Gasteiger partial charge in [0.05, 0.1) is 27.3 Å². The molecule has 3 rings (SSSR count). The molecule has 0 spiro atoms. The Morgan fingerprint density at radius 2 is 1.44 bits per heavy atom. The van der Waals surface area contributed by atoms with Crippen LogP contribution in [0.15, 0.2) is 91.0 Å². The summed E-state index contributed by atoms with van der Waals surface area (Å²) in [6, 6.07) is 26.0. The van der Waals surface area contributed by atoms with E-state index >= 15 is 0 Å². The third-order valence-electron chi connectivity index (χ3n) is 6.76. The first kappa shape index (κ1) is 32.3. The van der Waals surface area contributed by atoms with Gasteiger partial charge in [-0.15, -0.1) is 0 Å². The van der Waals surface area contributed by atoms with E-state index in [0.29, 0.717) is 5.56 Å². The van der Waals surface area contributed by atoms with Gasteiger partial charge in [-0.05, 0) is 60.0 Å². The van der Waals surface area contributed by atoms with Crippen LogP contribution in [0.2, 0.25) is 5.04 Å². The molecule has 0 saturated heterocycles. The summed E-state index contributed by atoms with van der Waals surface area (Å²) < 4.78 is 22.8. The predicted octanol–water partition coefficient (Wildman–Crippen LogP) is 5.56. The van der Waals surface area contributed by atoms with Crippen molar-refractivity contribution >= 4 is 47.2 Å². The average molecular weight is 593 g/mol. The van der Waals surface area contributed by atoms with Crippen molar-refractivity contribution in [3.8, 4) is 0 Å². The summed E-state index contributed by atoms with van der Waals surface area (Å²) in [4.78, 5) is 23.6. The first-order chi connectivity index (χ1) is 19.2.